The molecule has 0 bridgehead atoms. The van der Waals surface area contributed by atoms with E-state index in [1.54, 1.807) is 6.20 Å². The van der Waals surface area contributed by atoms with E-state index < -0.39 is 0 Å². The third-order valence-electron chi connectivity index (χ3n) is 2.62. The highest BCUT2D eigenvalue weighted by atomic mass is 15.2. The van der Waals surface area contributed by atoms with Crippen LogP contribution in [0, 0.1) is 0 Å². The van der Waals surface area contributed by atoms with Gasteiger partial charge in [0.25, 0.3) is 0 Å². The van der Waals surface area contributed by atoms with E-state index in [2.05, 4.69) is 14.5 Å². The lowest BCUT2D eigenvalue weighted by Crippen LogP contribution is -2.23. The average molecular weight is 230 g/mol. The maximum absolute atomic E-state index is 6.24. The Balaban J connectivity index is 2.25. The summed E-state index contributed by atoms with van der Waals surface area (Å²) in [7, 11) is 4.05. The second kappa shape index (κ2) is 5.12. The van der Waals surface area contributed by atoms with Crippen LogP contribution in [0.3, 0.4) is 0 Å². The van der Waals surface area contributed by atoms with Gasteiger partial charge in [-0.2, -0.15) is 0 Å². The van der Waals surface area contributed by atoms with Crippen molar-refractivity contribution in [2.45, 2.75) is 12.7 Å². The lowest BCUT2D eigenvalue weighted by atomic mass is 10.1. The average Bonchev–Trinajstić information content (AvgIpc) is 2.76. The van der Waals surface area contributed by atoms with Gasteiger partial charge < -0.3 is 10.3 Å². The van der Waals surface area contributed by atoms with Crippen molar-refractivity contribution in [1.29, 1.82) is 0 Å². The minimum absolute atomic E-state index is 0.175. The number of hydrogen-bond donors (Lipinski definition) is 1. The van der Waals surface area contributed by atoms with Crippen molar-refractivity contribution in [3.8, 4) is 0 Å². The molecule has 2 rings (SSSR count). The monoisotopic (exact) mass is 230 g/mol. The van der Waals surface area contributed by atoms with Gasteiger partial charge in [-0.3, -0.25) is 4.90 Å². The molecule has 0 saturated heterocycles. The van der Waals surface area contributed by atoms with E-state index in [4.69, 9.17) is 5.73 Å². The zero-order valence-electron chi connectivity index (χ0n) is 10.2. The molecule has 1 aromatic carbocycles. The van der Waals surface area contributed by atoms with Gasteiger partial charge in [-0.15, -0.1) is 0 Å². The summed E-state index contributed by atoms with van der Waals surface area (Å²) in [6, 6.07) is 9.86. The fraction of sp³-hybridized carbons (Fsp3) is 0.308. The van der Waals surface area contributed by atoms with Gasteiger partial charge in [-0.25, -0.2) is 4.98 Å². The summed E-state index contributed by atoms with van der Waals surface area (Å²) in [5.74, 6) is 0.893. The van der Waals surface area contributed by atoms with E-state index in [1.165, 1.54) is 0 Å². The van der Waals surface area contributed by atoms with Gasteiger partial charge in [0.2, 0.25) is 0 Å². The Hall–Kier alpha value is -1.65. The molecule has 0 aliphatic carbocycles. The largest absolute Gasteiger partial charge is 0.320 e. The molecule has 17 heavy (non-hydrogen) atoms. The SMILES string of the molecule is CN(C)Cn1ccnc1C(N)c1ccccc1. The molecule has 4 nitrogen and oxygen atoms in total. The van der Waals surface area contributed by atoms with Crippen LogP contribution in [0.1, 0.15) is 17.4 Å². The molecule has 2 aromatic rings. The van der Waals surface area contributed by atoms with Crippen molar-refractivity contribution in [2.75, 3.05) is 14.1 Å². The van der Waals surface area contributed by atoms with Crippen LogP contribution in [0.5, 0.6) is 0 Å². The van der Waals surface area contributed by atoms with Gasteiger partial charge in [0.05, 0.1) is 12.7 Å². The number of nitrogens with zero attached hydrogens (tertiary/aromatic N) is 3. The van der Waals surface area contributed by atoms with Crippen LogP contribution in [0.2, 0.25) is 0 Å². The van der Waals surface area contributed by atoms with Crippen LogP contribution in [0.15, 0.2) is 42.7 Å². The summed E-state index contributed by atoms with van der Waals surface area (Å²) in [4.78, 5) is 6.44. The number of rotatable bonds is 4. The fourth-order valence-electron chi connectivity index (χ4n) is 1.83. The molecule has 0 fully saturated rings. The molecular weight excluding hydrogens is 212 g/mol. The van der Waals surface area contributed by atoms with Gasteiger partial charge in [-0.05, 0) is 19.7 Å². The first-order valence-corrected chi connectivity index (χ1v) is 5.65. The Morgan fingerprint density at radius 3 is 2.65 bits per heavy atom. The normalized spacial score (nSPS) is 12.9. The van der Waals surface area contributed by atoms with Gasteiger partial charge in [-0.1, -0.05) is 30.3 Å². The van der Waals surface area contributed by atoms with E-state index in [-0.39, 0.29) is 6.04 Å². The molecule has 2 N–H and O–H groups in total. The maximum atomic E-state index is 6.24. The van der Waals surface area contributed by atoms with Crippen molar-refractivity contribution in [1.82, 2.24) is 14.5 Å². The van der Waals surface area contributed by atoms with Gasteiger partial charge in [0.1, 0.15) is 5.82 Å². The molecule has 0 saturated carbocycles. The summed E-state index contributed by atoms with van der Waals surface area (Å²) in [5.41, 5.74) is 7.32. The second-order valence-corrected chi connectivity index (χ2v) is 4.36. The van der Waals surface area contributed by atoms with Crippen molar-refractivity contribution in [3.05, 3.63) is 54.1 Å². The van der Waals surface area contributed by atoms with Crippen molar-refractivity contribution in [2.24, 2.45) is 5.73 Å². The Morgan fingerprint density at radius 2 is 2.00 bits per heavy atom. The first-order valence-electron chi connectivity index (χ1n) is 5.65. The molecule has 1 unspecified atom stereocenters. The molecule has 0 spiro atoms. The lowest BCUT2D eigenvalue weighted by Gasteiger charge is -2.17. The molecule has 0 aliphatic rings. The molecule has 1 aromatic heterocycles. The van der Waals surface area contributed by atoms with E-state index in [0.717, 1.165) is 18.1 Å². The highest BCUT2D eigenvalue weighted by molar-refractivity contribution is 5.24. The predicted molar refractivity (Wildman–Crippen MR) is 68.4 cm³/mol. The number of benzene rings is 1. The summed E-state index contributed by atoms with van der Waals surface area (Å²) < 4.78 is 2.07. The third-order valence-corrected chi connectivity index (χ3v) is 2.62. The van der Waals surface area contributed by atoms with E-state index in [0.29, 0.717) is 0 Å². The summed E-state index contributed by atoms with van der Waals surface area (Å²) in [5, 5.41) is 0. The van der Waals surface area contributed by atoms with E-state index in [9.17, 15) is 0 Å². The second-order valence-electron chi connectivity index (χ2n) is 4.36. The van der Waals surface area contributed by atoms with Gasteiger partial charge in [0.15, 0.2) is 0 Å². The Bertz CT molecular complexity index is 461. The van der Waals surface area contributed by atoms with Gasteiger partial charge >= 0.3 is 0 Å². The maximum Gasteiger partial charge on any atom is 0.131 e. The van der Waals surface area contributed by atoms with Crippen molar-refractivity contribution in [3.63, 3.8) is 0 Å². The molecule has 1 heterocycles. The predicted octanol–water partition coefficient (Wildman–Crippen LogP) is 1.45. The first kappa shape index (κ1) is 11.8. The van der Waals surface area contributed by atoms with E-state index in [1.807, 2.05) is 50.6 Å². The first-order chi connectivity index (χ1) is 8.18. The highest BCUT2D eigenvalue weighted by Crippen LogP contribution is 2.17. The standard InChI is InChI=1S/C13H18N4/c1-16(2)10-17-9-8-15-13(17)12(14)11-6-4-3-5-7-11/h3-9,12H,10,14H2,1-2H3. The quantitative estimate of drug-likeness (QED) is 0.864. The van der Waals surface area contributed by atoms with Gasteiger partial charge in [0, 0.05) is 12.4 Å². The Labute approximate surface area is 102 Å². The molecule has 90 valence electrons. The molecule has 1 atom stereocenters. The number of aromatic nitrogens is 2. The lowest BCUT2D eigenvalue weighted by molar-refractivity contribution is 0.318. The van der Waals surface area contributed by atoms with Crippen molar-refractivity contribution < 1.29 is 0 Å². The summed E-state index contributed by atoms with van der Waals surface area (Å²) >= 11 is 0. The molecule has 0 aliphatic heterocycles. The minimum Gasteiger partial charge on any atom is -0.320 e. The van der Waals surface area contributed by atoms with Crippen LogP contribution in [-0.2, 0) is 6.67 Å². The van der Waals surface area contributed by atoms with Crippen LogP contribution >= 0.6 is 0 Å². The number of nitrogens with two attached hydrogens (primary N) is 1. The summed E-state index contributed by atoms with van der Waals surface area (Å²) in [6.07, 6.45) is 3.75. The Morgan fingerprint density at radius 1 is 1.29 bits per heavy atom. The van der Waals surface area contributed by atoms with Crippen LogP contribution < -0.4 is 5.73 Å². The van der Waals surface area contributed by atoms with E-state index >= 15 is 0 Å². The molecular formula is C13H18N4. The summed E-state index contributed by atoms with van der Waals surface area (Å²) in [6.45, 7) is 0.788. The molecule has 0 radical (unpaired) electrons. The molecule has 4 heteroatoms. The Kier molecular flexibility index (Phi) is 3.56. The highest BCUT2D eigenvalue weighted by Gasteiger charge is 2.14. The zero-order valence-corrected chi connectivity index (χ0v) is 10.2. The van der Waals surface area contributed by atoms with Crippen molar-refractivity contribution >= 4 is 0 Å². The number of hydrogen-bond acceptors (Lipinski definition) is 3. The number of imidazole rings is 1. The van der Waals surface area contributed by atoms with Crippen LogP contribution in [-0.4, -0.2) is 28.5 Å². The topological polar surface area (TPSA) is 47.1 Å². The van der Waals surface area contributed by atoms with Crippen LogP contribution in [0.4, 0.5) is 0 Å². The zero-order chi connectivity index (χ0) is 12.3. The fourth-order valence-corrected chi connectivity index (χ4v) is 1.83. The smallest absolute Gasteiger partial charge is 0.131 e. The third kappa shape index (κ3) is 2.72. The minimum atomic E-state index is -0.175. The van der Waals surface area contributed by atoms with Crippen LogP contribution in [0.25, 0.3) is 0 Å². The molecule has 0 amide bonds.